The van der Waals surface area contributed by atoms with Crippen molar-refractivity contribution in [3.05, 3.63) is 64.6 Å². The largest absolute Gasteiger partial charge is 0.465 e. The van der Waals surface area contributed by atoms with Gasteiger partial charge in [-0.05, 0) is 35.9 Å². The Hall–Kier alpha value is -3.08. The zero-order chi connectivity index (χ0) is 22.7. The van der Waals surface area contributed by atoms with Crippen molar-refractivity contribution >= 4 is 78.8 Å². The molecule has 10 heteroatoms. The quantitative estimate of drug-likeness (QED) is 0.317. The van der Waals surface area contributed by atoms with E-state index in [9.17, 15) is 14.4 Å². The molecule has 32 heavy (non-hydrogen) atoms. The minimum absolute atomic E-state index is 0.101. The van der Waals surface area contributed by atoms with Crippen LogP contribution in [0.2, 0.25) is 0 Å². The third-order valence-electron chi connectivity index (χ3n) is 4.61. The van der Waals surface area contributed by atoms with E-state index >= 15 is 0 Å². The number of esters is 1. The first-order chi connectivity index (χ1) is 15.4. The Balaban J connectivity index is 1.36. The van der Waals surface area contributed by atoms with Gasteiger partial charge in [-0.2, -0.15) is 0 Å². The van der Waals surface area contributed by atoms with Gasteiger partial charge in [0, 0.05) is 13.0 Å². The van der Waals surface area contributed by atoms with E-state index in [0.29, 0.717) is 19.9 Å². The number of rotatable bonds is 6. The van der Waals surface area contributed by atoms with Crippen LogP contribution >= 0.6 is 35.3 Å². The summed E-state index contributed by atoms with van der Waals surface area (Å²) in [5, 5.41) is 3.31. The fourth-order valence-electron chi connectivity index (χ4n) is 3.00. The summed E-state index contributed by atoms with van der Waals surface area (Å²) in [6.45, 7) is 0.181. The normalized spacial score (nSPS) is 14.9. The molecule has 162 valence electrons. The second-order valence-corrected chi connectivity index (χ2v) is 9.44. The fourth-order valence-corrected chi connectivity index (χ4v) is 5.19. The maximum atomic E-state index is 12.8. The number of anilines is 1. The first-order valence-corrected chi connectivity index (χ1v) is 11.6. The van der Waals surface area contributed by atoms with Gasteiger partial charge in [-0.3, -0.25) is 14.5 Å². The van der Waals surface area contributed by atoms with Crippen LogP contribution in [-0.4, -0.2) is 45.6 Å². The third kappa shape index (κ3) is 4.87. The van der Waals surface area contributed by atoms with Crippen molar-refractivity contribution in [1.29, 1.82) is 0 Å². The number of ether oxygens (including phenoxy) is 1. The maximum Gasteiger partial charge on any atom is 0.337 e. The van der Waals surface area contributed by atoms with Crippen molar-refractivity contribution in [3.63, 3.8) is 0 Å². The maximum absolute atomic E-state index is 12.8. The van der Waals surface area contributed by atoms with Gasteiger partial charge >= 0.3 is 5.97 Å². The average molecular weight is 484 g/mol. The van der Waals surface area contributed by atoms with Crippen LogP contribution in [0.4, 0.5) is 5.13 Å². The van der Waals surface area contributed by atoms with Gasteiger partial charge in [0.2, 0.25) is 5.91 Å². The van der Waals surface area contributed by atoms with Crippen molar-refractivity contribution in [1.82, 2.24) is 9.88 Å². The Bertz CT molecular complexity index is 1220. The highest BCUT2D eigenvalue weighted by Gasteiger charge is 2.32. The molecular formula is C22H17N3O4S3. The molecule has 0 atom stereocenters. The van der Waals surface area contributed by atoms with Crippen LogP contribution in [0.1, 0.15) is 22.3 Å². The monoisotopic (exact) mass is 483 g/mol. The molecule has 7 nitrogen and oxygen atoms in total. The summed E-state index contributed by atoms with van der Waals surface area (Å²) in [5.74, 6) is -0.905. The molecule has 1 fully saturated rings. The van der Waals surface area contributed by atoms with Crippen LogP contribution in [0.3, 0.4) is 0 Å². The highest BCUT2D eigenvalue weighted by atomic mass is 32.2. The van der Waals surface area contributed by atoms with Crippen LogP contribution in [-0.2, 0) is 14.3 Å². The van der Waals surface area contributed by atoms with Gasteiger partial charge in [0.15, 0.2) is 5.13 Å². The lowest BCUT2D eigenvalue weighted by atomic mass is 10.1. The highest BCUT2D eigenvalue weighted by molar-refractivity contribution is 8.26. The van der Waals surface area contributed by atoms with Crippen molar-refractivity contribution in [3.8, 4) is 0 Å². The Morgan fingerprint density at radius 2 is 1.94 bits per heavy atom. The fraction of sp³-hybridized carbons (Fsp3) is 0.136. The Labute approximate surface area is 197 Å². The molecule has 2 aromatic carbocycles. The van der Waals surface area contributed by atoms with Crippen molar-refractivity contribution in [2.24, 2.45) is 0 Å². The second kappa shape index (κ2) is 9.60. The summed E-state index contributed by atoms with van der Waals surface area (Å²) in [7, 11) is 1.32. The number of benzene rings is 2. The number of carbonyl (C=O) groups is 3. The first-order valence-electron chi connectivity index (χ1n) is 9.54. The molecule has 1 saturated heterocycles. The Morgan fingerprint density at radius 3 is 2.66 bits per heavy atom. The Kier molecular flexibility index (Phi) is 6.63. The summed E-state index contributed by atoms with van der Waals surface area (Å²) >= 11 is 7.92. The van der Waals surface area contributed by atoms with Crippen LogP contribution in [0.5, 0.6) is 0 Å². The molecule has 0 bridgehead atoms. The van der Waals surface area contributed by atoms with E-state index < -0.39 is 5.97 Å². The molecule has 1 N–H and O–H groups in total. The van der Waals surface area contributed by atoms with E-state index in [4.69, 9.17) is 12.2 Å². The minimum atomic E-state index is -0.424. The zero-order valence-corrected chi connectivity index (χ0v) is 19.3. The number of nitrogens with one attached hydrogen (secondary N) is 1. The summed E-state index contributed by atoms with van der Waals surface area (Å²) in [6, 6.07) is 14.4. The lowest BCUT2D eigenvalue weighted by molar-refractivity contribution is -0.122. The number of nitrogens with zero attached hydrogens (tertiary/aromatic N) is 2. The van der Waals surface area contributed by atoms with Crippen LogP contribution in [0, 0.1) is 0 Å². The number of thiazole rings is 1. The smallest absolute Gasteiger partial charge is 0.337 e. The van der Waals surface area contributed by atoms with Crippen molar-refractivity contribution in [2.45, 2.75) is 6.42 Å². The summed E-state index contributed by atoms with van der Waals surface area (Å²) < 4.78 is 6.07. The lowest BCUT2D eigenvalue weighted by Crippen LogP contribution is -2.31. The minimum Gasteiger partial charge on any atom is -0.465 e. The number of para-hydroxylation sites is 1. The van der Waals surface area contributed by atoms with E-state index in [1.807, 2.05) is 24.3 Å². The average Bonchev–Trinajstić information content (AvgIpc) is 3.31. The summed E-state index contributed by atoms with van der Waals surface area (Å²) in [5.41, 5.74) is 2.01. The number of thioether (sulfide) groups is 1. The molecule has 1 aromatic heterocycles. The number of aromatic nitrogens is 1. The zero-order valence-electron chi connectivity index (χ0n) is 16.9. The molecule has 1 aliphatic rings. The van der Waals surface area contributed by atoms with E-state index in [1.54, 1.807) is 30.3 Å². The third-order valence-corrected chi connectivity index (χ3v) is 6.94. The van der Waals surface area contributed by atoms with Gasteiger partial charge in [-0.25, -0.2) is 9.78 Å². The van der Waals surface area contributed by atoms with E-state index in [1.165, 1.54) is 35.1 Å². The van der Waals surface area contributed by atoms with Crippen LogP contribution in [0.25, 0.3) is 16.3 Å². The number of carbonyl (C=O) groups excluding carboxylic acids is 3. The molecule has 0 unspecified atom stereocenters. The molecule has 0 spiro atoms. The number of hydrogen-bond acceptors (Lipinski definition) is 8. The second-order valence-electron chi connectivity index (χ2n) is 6.73. The van der Waals surface area contributed by atoms with Gasteiger partial charge in [-0.1, -0.05) is 59.6 Å². The van der Waals surface area contributed by atoms with E-state index in [2.05, 4.69) is 15.0 Å². The van der Waals surface area contributed by atoms with E-state index in [-0.39, 0.29) is 24.8 Å². The molecule has 1 aliphatic heterocycles. The molecule has 3 aromatic rings. The summed E-state index contributed by atoms with van der Waals surface area (Å²) in [6.07, 6.45) is 1.81. The van der Waals surface area contributed by atoms with E-state index in [0.717, 1.165) is 15.8 Å². The predicted octanol–water partition coefficient (Wildman–Crippen LogP) is 4.31. The summed E-state index contributed by atoms with van der Waals surface area (Å²) in [4.78, 5) is 42.9. The molecule has 4 rings (SSSR count). The number of hydrogen-bond donors (Lipinski definition) is 1. The highest BCUT2D eigenvalue weighted by Crippen LogP contribution is 2.33. The van der Waals surface area contributed by atoms with Gasteiger partial charge < -0.3 is 10.1 Å². The number of fused-ring (bicyclic) bond motifs is 1. The predicted molar refractivity (Wildman–Crippen MR) is 131 cm³/mol. The molecule has 2 amide bonds. The van der Waals surface area contributed by atoms with Gasteiger partial charge in [0.05, 0.1) is 27.8 Å². The van der Waals surface area contributed by atoms with Crippen molar-refractivity contribution in [2.75, 3.05) is 19.0 Å². The van der Waals surface area contributed by atoms with Gasteiger partial charge in [0.1, 0.15) is 4.32 Å². The number of thiocarbonyl (C=S) groups is 1. The number of methoxy groups -OCH3 is 1. The van der Waals surface area contributed by atoms with Crippen molar-refractivity contribution < 1.29 is 19.1 Å². The van der Waals surface area contributed by atoms with Crippen LogP contribution in [0.15, 0.2) is 53.4 Å². The topological polar surface area (TPSA) is 88.6 Å². The van der Waals surface area contributed by atoms with Gasteiger partial charge in [0.25, 0.3) is 5.91 Å². The SMILES string of the molecule is COC(=O)c1ccc(C=C2SC(=S)N(CCC(=O)Nc3nc4ccccc4s3)C2=O)cc1. The van der Waals surface area contributed by atoms with Gasteiger partial charge in [-0.15, -0.1) is 0 Å². The lowest BCUT2D eigenvalue weighted by Gasteiger charge is -2.13. The molecule has 0 aliphatic carbocycles. The number of amides is 2. The standard InChI is InChI=1S/C22H17N3O4S3/c1-29-20(28)14-8-6-13(7-9-14)12-17-19(27)25(22(30)32-17)11-10-18(26)24-21-23-15-4-2-3-5-16(15)31-21/h2-9,12H,10-11H2,1H3,(H,23,24,26). The first kappa shape index (κ1) is 22.1. The molecule has 2 heterocycles. The Morgan fingerprint density at radius 1 is 1.19 bits per heavy atom. The molecule has 0 saturated carbocycles. The molecular weight excluding hydrogens is 466 g/mol. The van der Waals surface area contributed by atoms with Crippen LogP contribution < -0.4 is 5.32 Å². The molecule has 0 radical (unpaired) electrons.